The molecule has 19 heavy (non-hydrogen) atoms. The van der Waals surface area contributed by atoms with Crippen LogP contribution in [0.15, 0.2) is 27.6 Å². The second kappa shape index (κ2) is 6.10. The van der Waals surface area contributed by atoms with Gasteiger partial charge in [0.1, 0.15) is 0 Å². The lowest BCUT2D eigenvalue weighted by Crippen LogP contribution is -2.50. The summed E-state index contributed by atoms with van der Waals surface area (Å²) in [5, 5.41) is 3.59. The van der Waals surface area contributed by atoms with Crippen molar-refractivity contribution in [2.45, 2.75) is 24.3 Å². The molecule has 1 fully saturated rings. The van der Waals surface area contributed by atoms with Crippen LogP contribution in [-0.4, -0.2) is 27.5 Å². The summed E-state index contributed by atoms with van der Waals surface area (Å²) < 4.78 is 27.9. The highest BCUT2D eigenvalue weighted by Gasteiger charge is 2.28. The van der Waals surface area contributed by atoms with E-state index in [1.165, 1.54) is 0 Å². The van der Waals surface area contributed by atoms with Gasteiger partial charge in [-0.05, 0) is 46.9 Å². The van der Waals surface area contributed by atoms with Crippen molar-refractivity contribution in [1.29, 1.82) is 0 Å². The van der Waals surface area contributed by atoms with Gasteiger partial charge in [0.2, 0.25) is 10.0 Å². The third-order valence-corrected chi connectivity index (χ3v) is 6.53. The zero-order chi connectivity index (χ0) is 14.0. The molecule has 2 unspecified atom stereocenters. The summed E-state index contributed by atoms with van der Waals surface area (Å²) in [6, 6.07) is 4.73. The van der Waals surface area contributed by atoms with Crippen LogP contribution in [0.3, 0.4) is 0 Å². The topological polar surface area (TPSA) is 58.2 Å². The zero-order valence-electron chi connectivity index (χ0n) is 10.5. The molecule has 1 aliphatic heterocycles. The largest absolute Gasteiger partial charge is 0.315 e. The molecule has 1 heterocycles. The van der Waals surface area contributed by atoms with E-state index in [1.54, 1.807) is 18.2 Å². The first kappa shape index (κ1) is 15.3. The molecule has 1 aromatic rings. The number of piperidine rings is 1. The molecule has 1 aromatic carbocycles. The maximum absolute atomic E-state index is 12.4. The highest BCUT2D eigenvalue weighted by molar-refractivity contribution is 9.10. The molecule has 1 saturated heterocycles. The van der Waals surface area contributed by atoms with Crippen LogP contribution >= 0.6 is 27.5 Å². The predicted octanol–water partition coefficient (Wildman–Crippen LogP) is 2.38. The Labute approximate surface area is 127 Å². The van der Waals surface area contributed by atoms with Crippen molar-refractivity contribution < 1.29 is 8.42 Å². The molecule has 0 aromatic heterocycles. The number of nitrogens with one attached hydrogen (secondary N) is 2. The Hall–Kier alpha value is -0.140. The van der Waals surface area contributed by atoms with Crippen molar-refractivity contribution >= 4 is 37.6 Å². The first-order valence-corrected chi connectivity index (χ1v) is 8.74. The first-order valence-electron chi connectivity index (χ1n) is 6.09. The van der Waals surface area contributed by atoms with Crippen molar-refractivity contribution in [2.75, 3.05) is 13.1 Å². The fraction of sp³-hybridized carbons (Fsp3) is 0.500. The third kappa shape index (κ3) is 3.49. The molecule has 0 amide bonds. The van der Waals surface area contributed by atoms with Crippen LogP contribution in [-0.2, 0) is 10.0 Å². The van der Waals surface area contributed by atoms with Crippen LogP contribution in [0.4, 0.5) is 0 Å². The number of benzene rings is 1. The summed E-state index contributed by atoms with van der Waals surface area (Å²) in [5.74, 6) is 0.314. The predicted molar refractivity (Wildman–Crippen MR) is 79.9 cm³/mol. The van der Waals surface area contributed by atoms with Gasteiger partial charge in [0.25, 0.3) is 0 Å². The fourth-order valence-electron chi connectivity index (χ4n) is 2.10. The third-order valence-electron chi connectivity index (χ3n) is 3.34. The second-order valence-electron chi connectivity index (χ2n) is 4.75. The van der Waals surface area contributed by atoms with Gasteiger partial charge in [-0.15, -0.1) is 0 Å². The molecular weight excluding hydrogens is 352 g/mol. The molecule has 1 aliphatic rings. The lowest BCUT2D eigenvalue weighted by molar-refractivity contribution is 0.327. The lowest BCUT2D eigenvalue weighted by Gasteiger charge is -2.30. The van der Waals surface area contributed by atoms with E-state index >= 15 is 0 Å². The Morgan fingerprint density at radius 1 is 1.47 bits per heavy atom. The molecule has 2 rings (SSSR count). The van der Waals surface area contributed by atoms with Crippen LogP contribution in [0.5, 0.6) is 0 Å². The van der Waals surface area contributed by atoms with Gasteiger partial charge in [-0.3, -0.25) is 0 Å². The quantitative estimate of drug-likeness (QED) is 0.862. The van der Waals surface area contributed by atoms with Crippen LogP contribution in [0.25, 0.3) is 0 Å². The Kier molecular flexibility index (Phi) is 4.89. The van der Waals surface area contributed by atoms with Crippen molar-refractivity contribution in [3.63, 3.8) is 0 Å². The molecule has 0 spiro atoms. The van der Waals surface area contributed by atoms with Gasteiger partial charge < -0.3 is 5.32 Å². The number of hydrogen-bond donors (Lipinski definition) is 2. The number of halogens is 2. The van der Waals surface area contributed by atoms with Crippen molar-refractivity contribution in [3.8, 4) is 0 Å². The van der Waals surface area contributed by atoms with E-state index in [9.17, 15) is 8.42 Å². The first-order chi connectivity index (χ1) is 8.92. The number of rotatable bonds is 3. The summed E-state index contributed by atoms with van der Waals surface area (Å²) in [6.07, 6.45) is 0.962. The molecule has 0 bridgehead atoms. The van der Waals surface area contributed by atoms with E-state index in [1.807, 2.05) is 0 Å². The minimum Gasteiger partial charge on any atom is -0.315 e. The van der Waals surface area contributed by atoms with E-state index in [2.05, 4.69) is 32.9 Å². The Morgan fingerprint density at radius 3 is 2.89 bits per heavy atom. The van der Waals surface area contributed by atoms with Gasteiger partial charge in [-0.1, -0.05) is 24.6 Å². The van der Waals surface area contributed by atoms with Gasteiger partial charge in [-0.25, -0.2) is 13.1 Å². The maximum atomic E-state index is 12.4. The lowest BCUT2D eigenvalue weighted by atomic mass is 9.96. The minimum atomic E-state index is -3.57. The van der Waals surface area contributed by atoms with E-state index in [-0.39, 0.29) is 10.9 Å². The molecule has 2 atom stereocenters. The number of hydrogen-bond acceptors (Lipinski definition) is 3. The van der Waals surface area contributed by atoms with Crippen LogP contribution in [0.2, 0.25) is 5.02 Å². The molecule has 2 N–H and O–H groups in total. The zero-order valence-corrected chi connectivity index (χ0v) is 13.6. The van der Waals surface area contributed by atoms with Crippen LogP contribution in [0.1, 0.15) is 13.3 Å². The van der Waals surface area contributed by atoms with Crippen molar-refractivity contribution in [3.05, 3.63) is 27.7 Å². The summed E-state index contributed by atoms with van der Waals surface area (Å²) in [4.78, 5) is 0.178. The Morgan fingerprint density at radius 2 is 2.21 bits per heavy atom. The molecule has 0 aliphatic carbocycles. The molecule has 7 heteroatoms. The van der Waals surface area contributed by atoms with E-state index < -0.39 is 10.0 Å². The summed E-state index contributed by atoms with van der Waals surface area (Å²) in [6.45, 7) is 3.64. The van der Waals surface area contributed by atoms with E-state index in [4.69, 9.17) is 11.6 Å². The summed E-state index contributed by atoms with van der Waals surface area (Å²) in [7, 11) is -3.57. The van der Waals surface area contributed by atoms with Gasteiger partial charge in [-0.2, -0.15) is 0 Å². The standard InChI is InChI=1S/C12H16BrClN2O2S/c1-8-5-6-15-7-10(8)16-19(17,18)11-4-2-3-9(14)12(11)13/h2-4,8,10,15-16H,5-7H2,1H3. The van der Waals surface area contributed by atoms with E-state index in [0.717, 1.165) is 13.0 Å². The van der Waals surface area contributed by atoms with Gasteiger partial charge in [0, 0.05) is 12.6 Å². The number of sulfonamides is 1. The summed E-state index contributed by atoms with van der Waals surface area (Å²) >= 11 is 9.17. The maximum Gasteiger partial charge on any atom is 0.242 e. The summed E-state index contributed by atoms with van der Waals surface area (Å²) in [5.41, 5.74) is 0. The van der Waals surface area contributed by atoms with Crippen LogP contribution < -0.4 is 10.0 Å². The highest BCUT2D eigenvalue weighted by Crippen LogP contribution is 2.29. The van der Waals surface area contributed by atoms with Crippen molar-refractivity contribution in [1.82, 2.24) is 10.0 Å². The SMILES string of the molecule is CC1CCNCC1NS(=O)(=O)c1cccc(Cl)c1Br. The average Bonchev–Trinajstić information content (AvgIpc) is 2.35. The van der Waals surface area contributed by atoms with Crippen molar-refractivity contribution in [2.24, 2.45) is 5.92 Å². The molecule has 0 saturated carbocycles. The fourth-order valence-corrected chi connectivity index (χ4v) is 4.68. The van der Waals surface area contributed by atoms with Gasteiger partial charge in [0.05, 0.1) is 14.4 Å². The Balaban J connectivity index is 2.25. The van der Waals surface area contributed by atoms with E-state index in [0.29, 0.717) is 22.0 Å². The van der Waals surface area contributed by atoms with Crippen LogP contribution in [0, 0.1) is 5.92 Å². The molecule has 4 nitrogen and oxygen atoms in total. The van der Waals surface area contributed by atoms with Gasteiger partial charge in [0.15, 0.2) is 0 Å². The Bertz CT molecular complexity index is 565. The monoisotopic (exact) mass is 366 g/mol. The second-order valence-corrected chi connectivity index (χ2v) is 7.63. The minimum absolute atomic E-state index is 0.0929. The average molecular weight is 368 g/mol. The van der Waals surface area contributed by atoms with Gasteiger partial charge >= 0.3 is 0 Å². The molecular formula is C12H16BrClN2O2S. The highest BCUT2D eigenvalue weighted by atomic mass is 79.9. The molecule has 106 valence electrons. The molecule has 0 radical (unpaired) electrons. The smallest absolute Gasteiger partial charge is 0.242 e. The normalized spacial score (nSPS) is 24.4.